The number of aromatic nitrogens is 2. The quantitative estimate of drug-likeness (QED) is 0.727. The number of hydrogen-bond donors (Lipinski definition) is 0. The second kappa shape index (κ2) is 6.24. The fraction of sp³-hybridized carbons (Fsp3) is 0.250. The zero-order valence-electron chi connectivity index (χ0n) is 13.9. The molecule has 0 N–H and O–H groups in total. The maximum Gasteiger partial charge on any atom is 0.256 e. The molecule has 0 radical (unpaired) electrons. The van der Waals surface area contributed by atoms with Crippen molar-refractivity contribution in [1.29, 1.82) is 0 Å². The fourth-order valence-electron chi connectivity index (χ4n) is 3.05. The first-order valence-electron chi connectivity index (χ1n) is 8.38. The monoisotopic (exact) mass is 335 g/mol. The summed E-state index contributed by atoms with van der Waals surface area (Å²) >= 11 is 0. The van der Waals surface area contributed by atoms with E-state index < -0.39 is 0 Å². The van der Waals surface area contributed by atoms with E-state index in [1.807, 2.05) is 23.1 Å². The molecule has 0 aliphatic heterocycles. The lowest BCUT2D eigenvalue weighted by Crippen LogP contribution is -2.33. The fourth-order valence-corrected chi connectivity index (χ4v) is 3.05. The van der Waals surface area contributed by atoms with Crippen molar-refractivity contribution in [1.82, 2.24) is 14.9 Å². The van der Waals surface area contributed by atoms with Gasteiger partial charge in [0.2, 0.25) is 0 Å². The number of hydrogen-bond acceptors (Lipinski definition) is 3. The molecule has 1 amide bonds. The summed E-state index contributed by atoms with van der Waals surface area (Å²) in [6.45, 7) is 2.34. The van der Waals surface area contributed by atoms with Crippen LogP contribution in [0.1, 0.15) is 34.5 Å². The van der Waals surface area contributed by atoms with E-state index >= 15 is 0 Å². The predicted octanol–water partition coefficient (Wildman–Crippen LogP) is 3.88. The molecule has 0 saturated heterocycles. The van der Waals surface area contributed by atoms with Crippen LogP contribution in [0.15, 0.2) is 48.8 Å². The number of amides is 1. The number of fused-ring (bicyclic) bond motifs is 1. The minimum Gasteiger partial charge on any atom is -0.331 e. The molecule has 1 aliphatic rings. The van der Waals surface area contributed by atoms with Crippen molar-refractivity contribution in [2.75, 3.05) is 0 Å². The SMILES string of the molecule is Cc1nc2cc(F)ccc2cc1C(=O)N(Cc1cccnc1)C1CC1. The lowest BCUT2D eigenvalue weighted by Gasteiger charge is -2.23. The molecular weight excluding hydrogens is 317 g/mol. The average molecular weight is 335 g/mol. The molecule has 3 aromatic rings. The van der Waals surface area contributed by atoms with Crippen LogP contribution in [0.4, 0.5) is 4.39 Å². The van der Waals surface area contributed by atoms with Gasteiger partial charge in [0.15, 0.2) is 0 Å². The number of pyridine rings is 2. The van der Waals surface area contributed by atoms with Gasteiger partial charge in [0, 0.05) is 36.4 Å². The molecule has 2 aromatic heterocycles. The first-order chi connectivity index (χ1) is 12.1. The number of benzene rings is 1. The first kappa shape index (κ1) is 15.7. The lowest BCUT2D eigenvalue weighted by atomic mass is 10.1. The van der Waals surface area contributed by atoms with Crippen LogP contribution in [-0.2, 0) is 6.54 Å². The number of nitrogens with zero attached hydrogens (tertiary/aromatic N) is 3. The van der Waals surface area contributed by atoms with Gasteiger partial charge in [-0.1, -0.05) is 6.07 Å². The maximum atomic E-state index is 13.4. The number of halogens is 1. The van der Waals surface area contributed by atoms with Gasteiger partial charge in [-0.3, -0.25) is 14.8 Å². The Bertz CT molecular complexity index is 938. The van der Waals surface area contributed by atoms with Crippen molar-refractivity contribution >= 4 is 16.8 Å². The summed E-state index contributed by atoms with van der Waals surface area (Å²) in [5.41, 5.74) is 2.78. The minimum absolute atomic E-state index is 0.0254. The first-order valence-corrected chi connectivity index (χ1v) is 8.38. The van der Waals surface area contributed by atoms with Gasteiger partial charge < -0.3 is 4.90 Å². The highest BCUT2D eigenvalue weighted by molar-refractivity contribution is 5.99. The van der Waals surface area contributed by atoms with Gasteiger partial charge in [0.25, 0.3) is 5.91 Å². The normalized spacial score (nSPS) is 13.8. The Kier molecular flexibility index (Phi) is 3.92. The van der Waals surface area contributed by atoms with E-state index in [1.165, 1.54) is 12.1 Å². The van der Waals surface area contributed by atoms with Gasteiger partial charge in [-0.25, -0.2) is 4.39 Å². The van der Waals surface area contributed by atoms with Crippen LogP contribution >= 0.6 is 0 Å². The Morgan fingerprint density at radius 3 is 2.84 bits per heavy atom. The van der Waals surface area contributed by atoms with Crippen LogP contribution in [0, 0.1) is 12.7 Å². The summed E-state index contributed by atoms with van der Waals surface area (Å²) in [4.78, 5) is 23.6. The van der Waals surface area contributed by atoms with Crippen LogP contribution in [0.2, 0.25) is 0 Å². The average Bonchev–Trinajstić information content (AvgIpc) is 3.44. The van der Waals surface area contributed by atoms with E-state index in [0.717, 1.165) is 23.8 Å². The van der Waals surface area contributed by atoms with Gasteiger partial charge in [-0.05, 0) is 49.6 Å². The van der Waals surface area contributed by atoms with Crippen LogP contribution in [-0.4, -0.2) is 26.8 Å². The highest BCUT2D eigenvalue weighted by atomic mass is 19.1. The zero-order valence-corrected chi connectivity index (χ0v) is 13.9. The lowest BCUT2D eigenvalue weighted by molar-refractivity contribution is 0.0728. The zero-order chi connectivity index (χ0) is 17.4. The molecule has 126 valence electrons. The second-order valence-electron chi connectivity index (χ2n) is 6.48. The van der Waals surface area contributed by atoms with Crippen molar-refractivity contribution in [3.05, 3.63) is 71.4 Å². The van der Waals surface area contributed by atoms with E-state index in [0.29, 0.717) is 23.3 Å². The van der Waals surface area contributed by atoms with Crippen molar-refractivity contribution in [2.24, 2.45) is 0 Å². The third kappa shape index (κ3) is 3.22. The van der Waals surface area contributed by atoms with Crippen LogP contribution in [0.3, 0.4) is 0 Å². The molecule has 1 aliphatic carbocycles. The Balaban J connectivity index is 1.69. The molecule has 0 unspecified atom stereocenters. The molecule has 25 heavy (non-hydrogen) atoms. The third-order valence-corrected chi connectivity index (χ3v) is 4.52. The smallest absolute Gasteiger partial charge is 0.256 e. The summed E-state index contributed by atoms with van der Waals surface area (Å²) in [5, 5.41) is 0.771. The summed E-state index contributed by atoms with van der Waals surface area (Å²) in [6.07, 6.45) is 5.56. The van der Waals surface area contributed by atoms with Gasteiger partial charge >= 0.3 is 0 Å². The maximum absolute atomic E-state index is 13.4. The van der Waals surface area contributed by atoms with Gasteiger partial charge in [0.05, 0.1) is 16.8 Å². The van der Waals surface area contributed by atoms with E-state index in [4.69, 9.17) is 0 Å². The van der Waals surface area contributed by atoms with E-state index in [9.17, 15) is 9.18 Å². The van der Waals surface area contributed by atoms with Gasteiger partial charge in [-0.2, -0.15) is 0 Å². The van der Waals surface area contributed by atoms with E-state index in [-0.39, 0.29) is 17.8 Å². The molecule has 5 heteroatoms. The van der Waals surface area contributed by atoms with Crippen LogP contribution in [0.25, 0.3) is 10.9 Å². The number of rotatable bonds is 4. The summed E-state index contributed by atoms with van der Waals surface area (Å²) in [6, 6.07) is 10.4. The van der Waals surface area contributed by atoms with Crippen LogP contribution < -0.4 is 0 Å². The Labute approximate surface area is 145 Å². The molecule has 1 fully saturated rings. The van der Waals surface area contributed by atoms with Crippen molar-refractivity contribution < 1.29 is 9.18 Å². The largest absolute Gasteiger partial charge is 0.331 e. The van der Waals surface area contributed by atoms with Crippen LogP contribution in [0.5, 0.6) is 0 Å². The standard InChI is InChI=1S/C20H18FN3O/c1-13-18(9-15-4-5-16(21)10-19(15)23-13)20(25)24(17-6-7-17)12-14-3-2-8-22-11-14/h2-5,8-11,17H,6-7,12H2,1H3. The van der Waals surface area contributed by atoms with Crippen molar-refractivity contribution in [3.8, 4) is 0 Å². The van der Waals surface area contributed by atoms with Gasteiger partial charge in [-0.15, -0.1) is 0 Å². The van der Waals surface area contributed by atoms with E-state index in [1.54, 1.807) is 25.4 Å². The minimum atomic E-state index is -0.324. The van der Waals surface area contributed by atoms with Crippen molar-refractivity contribution in [3.63, 3.8) is 0 Å². The molecule has 0 spiro atoms. The summed E-state index contributed by atoms with van der Waals surface area (Å²) in [5.74, 6) is -0.350. The number of aryl methyl sites for hydroxylation is 1. The summed E-state index contributed by atoms with van der Waals surface area (Å²) < 4.78 is 13.4. The molecule has 4 rings (SSSR count). The topological polar surface area (TPSA) is 46.1 Å². The Morgan fingerprint density at radius 2 is 2.12 bits per heavy atom. The third-order valence-electron chi connectivity index (χ3n) is 4.52. The molecule has 1 aromatic carbocycles. The van der Waals surface area contributed by atoms with Crippen molar-refractivity contribution in [2.45, 2.75) is 32.4 Å². The molecule has 0 bridgehead atoms. The molecule has 1 saturated carbocycles. The predicted molar refractivity (Wildman–Crippen MR) is 93.6 cm³/mol. The Morgan fingerprint density at radius 1 is 1.28 bits per heavy atom. The highest BCUT2D eigenvalue weighted by Crippen LogP contribution is 2.30. The second-order valence-corrected chi connectivity index (χ2v) is 6.48. The number of carbonyl (C=O) groups is 1. The summed E-state index contributed by atoms with van der Waals surface area (Å²) in [7, 11) is 0. The molecule has 2 heterocycles. The molecule has 0 atom stereocenters. The number of carbonyl (C=O) groups excluding carboxylic acids is 1. The molecule has 4 nitrogen and oxygen atoms in total. The van der Waals surface area contributed by atoms with Gasteiger partial charge in [0.1, 0.15) is 5.82 Å². The molecular formula is C20H18FN3O. The Hall–Kier alpha value is -2.82. The highest BCUT2D eigenvalue weighted by Gasteiger charge is 2.33. The van der Waals surface area contributed by atoms with E-state index in [2.05, 4.69) is 9.97 Å².